The van der Waals surface area contributed by atoms with Crippen LogP contribution in [0, 0.1) is 5.41 Å². The third kappa shape index (κ3) is 3.56. The lowest BCUT2D eigenvalue weighted by atomic mass is 9.87. The van der Waals surface area contributed by atoms with Gasteiger partial charge in [-0.3, -0.25) is 4.99 Å². The average molecular weight is 400 g/mol. The van der Waals surface area contributed by atoms with Gasteiger partial charge in [0, 0.05) is 61.7 Å². The Balaban J connectivity index is 1.28. The maximum Gasteiger partial charge on any atom is 0.193 e. The van der Waals surface area contributed by atoms with Gasteiger partial charge in [0.15, 0.2) is 5.96 Å². The minimum atomic E-state index is 0.253. The third-order valence-electron chi connectivity index (χ3n) is 6.97. The van der Waals surface area contributed by atoms with Gasteiger partial charge < -0.3 is 24.4 Å². The number of nitrogens with zero attached hydrogens (tertiary/aromatic N) is 2. The van der Waals surface area contributed by atoms with E-state index in [4.69, 9.17) is 14.2 Å². The highest BCUT2D eigenvalue weighted by molar-refractivity contribution is 5.81. The lowest BCUT2D eigenvalue weighted by Crippen LogP contribution is -2.42. The minimum Gasteiger partial charge on any atom is -0.494 e. The van der Waals surface area contributed by atoms with Gasteiger partial charge in [-0.1, -0.05) is 0 Å². The van der Waals surface area contributed by atoms with Gasteiger partial charge in [0.05, 0.1) is 13.2 Å². The molecule has 4 aliphatic rings. The summed E-state index contributed by atoms with van der Waals surface area (Å²) in [7, 11) is 1.89. The number of nitrogens with one attached hydrogen (secondary N) is 1. The first kappa shape index (κ1) is 19.0. The standard InChI is InChI=1S/C23H33N3O3/c1-4-28-21-10-16-9-15(2)29-20(16)12-18(21)17-11-19(17)25-22(24-3)26-7-5-23(13-26)6-8-27-14-23/h10,12,15,17,19H,4-9,11,13-14H2,1-3H3,(H,24,25). The maximum absolute atomic E-state index is 6.01. The molecule has 6 heteroatoms. The number of hydrogen-bond acceptors (Lipinski definition) is 4. The molecule has 3 aliphatic heterocycles. The molecule has 158 valence electrons. The number of hydrogen-bond donors (Lipinski definition) is 1. The molecule has 0 bridgehead atoms. The van der Waals surface area contributed by atoms with Crippen molar-refractivity contribution in [3.05, 3.63) is 23.3 Å². The van der Waals surface area contributed by atoms with Crippen LogP contribution in [-0.2, 0) is 11.2 Å². The molecule has 1 saturated carbocycles. The van der Waals surface area contributed by atoms with Crippen LogP contribution in [0.15, 0.2) is 17.1 Å². The summed E-state index contributed by atoms with van der Waals surface area (Å²) >= 11 is 0. The van der Waals surface area contributed by atoms with Crippen LogP contribution in [-0.4, -0.2) is 63.0 Å². The Bertz CT molecular complexity index is 803. The van der Waals surface area contributed by atoms with Gasteiger partial charge in [-0.05, 0) is 45.2 Å². The summed E-state index contributed by atoms with van der Waals surface area (Å²) in [5.41, 5.74) is 2.89. The van der Waals surface area contributed by atoms with E-state index in [1.165, 1.54) is 24.0 Å². The van der Waals surface area contributed by atoms with Crippen molar-refractivity contribution in [2.24, 2.45) is 10.4 Å². The van der Waals surface area contributed by atoms with E-state index >= 15 is 0 Å². The van der Waals surface area contributed by atoms with E-state index in [0.29, 0.717) is 24.0 Å². The summed E-state index contributed by atoms with van der Waals surface area (Å²) in [6, 6.07) is 4.83. The molecular formula is C23H33N3O3. The summed E-state index contributed by atoms with van der Waals surface area (Å²) < 4.78 is 17.7. The SMILES string of the molecule is CCOc1cc2c(cc1C1CC1NC(=NC)N1CCC3(CCOC3)C1)OC(C)C2. The second-order valence-corrected chi connectivity index (χ2v) is 9.18. The molecule has 6 nitrogen and oxygen atoms in total. The fourth-order valence-corrected chi connectivity index (χ4v) is 5.27. The number of ether oxygens (including phenoxy) is 3. The van der Waals surface area contributed by atoms with E-state index in [0.717, 1.165) is 56.6 Å². The van der Waals surface area contributed by atoms with Crippen molar-refractivity contribution < 1.29 is 14.2 Å². The van der Waals surface area contributed by atoms with Crippen LogP contribution in [0.4, 0.5) is 0 Å². The first-order valence-corrected chi connectivity index (χ1v) is 11.1. The molecule has 4 atom stereocenters. The predicted octanol–water partition coefficient (Wildman–Crippen LogP) is 2.95. The van der Waals surface area contributed by atoms with E-state index in [-0.39, 0.29) is 6.10 Å². The van der Waals surface area contributed by atoms with Crippen molar-refractivity contribution in [2.45, 2.75) is 57.6 Å². The molecule has 1 aromatic carbocycles. The topological polar surface area (TPSA) is 55.3 Å². The van der Waals surface area contributed by atoms with Crippen molar-refractivity contribution in [1.29, 1.82) is 0 Å². The van der Waals surface area contributed by atoms with Gasteiger partial charge in [-0.25, -0.2) is 0 Å². The van der Waals surface area contributed by atoms with Crippen LogP contribution in [0.3, 0.4) is 0 Å². The van der Waals surface area contributed by atoms with Gasteiger partial charge in [0.2, 0.25) is 0 Å². The van der Waals surface area contributed by atoms with E-state index < -0.39 is 0 Å². The molecule has 3 heterocycles. The molecule has 1 aliphatic carbocycles. The number of rotatable bonds is 4. The largest absolute Gasteiger partial charge is 0.494 e. The van der Waals surface area contributed by atoms with Crippen molar-refractivity contribution in [1.82, 2.24) is 10.2 Å². The van der Waals surface area contributed by atoms with E-state index in [1.807, 2.05) is 7.05 Å². The van der Waals surface area contributed by atoms with Crippen LogP contribution >= 0.6 is 0 Å². The summed E-state index contributed by atoms with van der Waals surface area (Å²) in [4.78, 5) is 7.01. The summed E-state index contributed by atoms with van der Waals surface area (Å²) in [5, 5.41) is 3.72. The molecule has 3 fully saturated rings. The van der Waals surface area contributed by atoms with Gasteiger partial charge in [-0.15, -0.1) is 0 Å². The second-order valence-electron chi connectivity index (χ2n) is 9.18. The zero-order chi connectivity index (χ0) is 20.0. The smallest absolute Gasteiger partial charge is 0.193 e. The first-order chi connectivity index (χ1) is 14.1. The number of benzene rings is 1. The molecule has 2 saturated heterocycles. The fraction of sp³-hybridized carbons (Fsp3) is 0.696. The normalized spacial score (nSPS) is 33.1. The van der Waals surface area contributed by atoms with E-state index in [9.17, 15) is 0 Å². The lowest BCUT2D eigenvalue weighted by molar-refractivity contribution is 0.156. The first-order valence-electron chi connectivity index (χ1n) is 11.1. The number of guanidine groups is 1. The molecule has 1 N–H and O–H groups in total. The molecule has 5 rings (SSSR count). The Morgan fingerprint density at radius 3 is 3.03 bits per heavy atom. The summed E-state index contributed by atoms with van der Waals surface area (Å²) in [6.45, 7) is 8.79. The Labute approximate surface area is 173 Å². The van der Waals surface area contributed by atoms with E-state index in [2.05, 4.69) is 41.2 Å². The molecule has 0 aromatic heterocycles. The molecule has 0 amide bonds. The number of likely N-dealkylation sites (tertiary alicyclic amines) is 1. The number of aliphatic imine (C=N–C) groups is 1. The molecule has 1 aromatic rings. The highest BCUT2D eigenvalue weighted by Gasteiger charge is 2.45. The molecular weight excluding hydrogens is 366 g/mol. The molecule has 0 radical (unpaired) electrons. The van der Waals surface area contributed by atoms with Crippen molar-refractivity contribution in [3.8, 4) is 11.5 Å². The van der Waals surface area contributed by atoms with Crippen LogP contribution in [0.5, 0.6) is 11.5 Å². The zero-order valence-electron chi connectivity index (χ0n) is 17.9. The van der Waals surface area contributed by atoms with Crippen molar-refractivity contribution in [2.75, 3.05) is 40.0 Å². The average Bonchev–Trinajstić information content (AvgIpc) is 3.04. The highest BCUT2D eigenvalue weighted by atomic mass is 16.5. The van der Waals surface area contributed by atoms with Gasteiger partial charge in [-0.2, -0.15) is 0 Å². The van der Waals surface area contributed by atoms with Crippen LogP contribution < -0.4 is 14.8 Å². The van der Waals surface area contributed by atoms with Gasteiger partial charge >= 0.3 is 0 Å². The highest BCUT2D eigenvalue weighted by Crippen LogP contribution is 2.48. The Hall–Kier alpha value is -1.95. The number of fused-ring (bicyclic) bond motifs is 1. The third-order valence-corrected chi connectivity index (χ3v) is 6.97. The minimum absolute atomic E-state index is 0.253. The molecule has 4 unspecified atom stereocenters. The van der Waals surface area contributed by atoms with Gasteiger partial charge in [0.25, 0.3) is 0 Å². The monoisotopic (exact) mass is 399 g/mol. The maximum atomic E-state index is 6.01. The Kier molecular flexibility index (Phi) is 4.85. The van der Waals surface area contributed by atoms with E-state index in [1.54, 1.807) is 0 Å². The molecule has 1 spiro atoms. The summed E-state index contributed by atoms with van der Waals surface area (Å²) in [5.74, 6) is 3.54. The Morgan fingerprint density at radius 2 is 2.28 bits per heavy atom. The fourth-order valence-electron chi connectivity index (χ4n) is 5.27. The lowest BCUT2D eigenvalue weighted by Gasteiger charge is -2.25. The van der Waals surface area contributed by atoms with Crippen molar-refractivity contribution >= 4 is 5.96 Å². The van der Waals surface area contributed by atoms with Crippen LogP contribution in [0.1, 0.15) is 50.2 Å². The Morgan fingerprint density at radius 1 is 1.38 bits per heavy atom. The quantitative estimate of drug-likeness (QED) is 0.623. The summed E-state index contributed by atoms with van der Waals surface area (Å²) in [6.07, 6.45) is 4.71. The van der Waals surface area contributed by atoms with Crippen molar-refractivity contribution in [3.63, 3.8) is 0 Å². The van der Waals surface area contributed by atoms with Gasteiger partial charge in [0.1, 0.15) is 17.6 Å². The van der Waals surface area contributed by atoms with Crippen LogP contribution in [0.25, 0.3) is 0 Å². The van der Waals surface area contributed by atoms with Crippen LogP contribution in [0.2, 0.25) is 0 Å². The zero-order valence-corrected chi connectivity index (χ0v) is 17.9. The predicted molar refractivity (Wildman–Crippen MR) is 113 cm³/mol. The molecule has 29 heavy (non-hydrogen) atoms. The second kappa shape index (κ2) is 7.38.